The van der Waals surface area contributed by atoms with E-state index in [9.17, 15) is 65.8 Å². The van der Waals surface area contributed by atoms with Crippen molar-refractivity contribution in [2.45, 2.75) is 93.4 Å². The van der Waals surface area contributed by atoms with Crippen molar-refractivity contribution in [3.05, 3.63) is 82.9 Å². The molecule has 4 aliphatic heterocycles. The molecule has 2 fully saturated rings. The van der Waals surface area contributed by atoms with E-state index >= 15 is 0 Å². The third kappa shape index (κ3) is 9.64. The molecule has 0 bridgehead atoms. The standard InChI is InChI=1S/C28H34O15.C16H14O6/c1-10-21(32)23(34)25(36)27(40-10)39-9-19-22(33)24(35)26(37)28(43-19)41-12-6-14(30)20-15(31)8-17(42-18(20)7-12)11-3-4-16(38-2)13(29)5-11;1-21-13-3-2-8(4-10(13)18)14-7-12(20)16-11(19)5-9(17)6-15(16)22-14/h3-7,10,17,19,21-30,32-37H,8-9H2,1-2H3;2-6,14,17-19H,7H2,1H3/t10?,17-,19?,21?,22?,23?,24?,25?,26?,27?,28?;14-/m00/s1. The number of benzene rings is 4. The van der Waals surface area contributed by atoms with E-state index in [1.54, 1.807) is 18.2 Å². The van der Waals surface area contributed by atoms with Crippen molar-refractivity contribution in [1.82, 2.24) is 0 Å². The van der Waals surface area contributed by atoms with Crippen LogP contribution in [0.4, 0.5) is 0 Å². The Morgan fingerprint density at radius 3 is 1.62 bits per heavy atom. The van der Waals surface area contributed by atoms with Crippen molar-refractivity contribution in [3.63, 3.8) is 0 Å². The minimum absolute atomic E-state index is 0.0249. The van der Waals surface area contributed by atoms with Crippen LogP contribution < -0.4 is 23.7 Å². The van der Waals surface area contributed by atoms with Crippen LogP contribution in [0.5, 0.6) is 57.5 Å². The number of aliphatic hydroxyl groups excluding tert-OH is 6. The van der Waals surface area contributed by atoms with E-state index < -0.39 is 91.8 Å². The highest BCUT2D eigenvalue weighted by Gasteiger charge is 2.47. The van der Waals surface area contributed by atoms with Crippen molar-refractivity contribution in [2.24, 2.45) is 0 Å². The predicted octanol–water partition coefficient (Wildman–Crippen LogP) is 1.36. The van der Waals surface area contributed by atoms with E-state index in [1.807, 2.05) is 0 Å². The number of aliphatic hydroxyl groups is 6. The molecule has 0 aromatic heterocycles. The molecule has 21 heteroatoms. The monoisotopic (exact) mass is 912 g/mol. The number of phenolic OH excluding ortho intramolecular Hbond substituents is 5. The van der Waals surface area contributed by atoms with Crippen LogP contribution in [0.15, 0.2) is 60.7 Å². The van der Waals surface area contributed by atoms with Gasteiger partial charge in [0, 0.05) is 24.3 Å². The fraction of sp³-hybridized carbons (Fsp3) is 0.409. The van der Waals surface area contributed by atoms with Crippen molar-refractivity contribution in [1.29, 1.82) is 0 Å². The molecule has 0 amide bonds. The van der Waals surface area contributed by atoms with Gasteiger partial charge in [0.15, 0.2) is 40.9 Å². The van der Waals surface area contributed by atoms with Crippen LogP contribution in [-0.4, -0.2) is 150 Å². The first kappa shape index (κ1) is 46.8. The van der Waals surface area contributed by atoms with Crippen LogP contribution in [0.3, 0.4) is 0 Å². The number of hydrogen-bond donors (Lipinski definition) is 11. The molecule has 0 spiro atoms. The summed E-state index contributed by atoms with van der Waals surface area (Å²) in [4.78, 5) is 25.1. The van der Waals surface area contributed by atoms with Crippen LogP contribution in [0.25, 0.3) is 0 Å². The van der Waals surface area contributed by atoms with Crippen LogP contribution in [0, 0.1) is 0 Å². The van der Waals surface area contributed by atoms with Crippen LogP contribution in [0.1, 0.15) is 63.8 Å². The molecule has 65 heavy (non-hydrogen) atoms. The van der Waals surface area contributed by atoms with Gasteiger partial charge in [0.1, 0.15) is 101 Å². The fourth-order valence-corrected chi connectivity index (χ4v) is 7.72. The summed E-state index contributed by atoms with van der Waals surface area (Å²) in [5, 5.41) is 111. The lowest BCUT2D eigenvalue weighted by Crippen LogP contribution is -2.61. The van der Waals surface area contributed by atoms with Crippen molar-refractivity contribution < 1.29 is 104 Å². The largest absolute Gasteiger partial charge is 0.508 e. The SMILES string of the molecule is COc1ccc([C@@H]2CC(=O)c3c(O)cc(O)cc3O2)cc1O.COc1ccc([C@@H]2CC(=O)c3c(O)cc(OC4OC(COC5OC(C)C(O)C(O)C5O)C(O)C(O)C4O)cc3O2)cc1O. The van der Waals surface area contributed by atoms with Gasteiger partial charge in [-0.15, -0.1) is 0 Å². The Morgan fingerprint density at radius 2 is 1.08 bits per heavy atom. The lowest BCUT2D eigenvalue weighted by atomic mass is 9.95. The Morgan fingerprint density at radius 1 is 0.569 bits per heavy atom. The first-order valence-electron chi connectivity index (χ1n) is 20.1. The number of carbonyl (C=O) groups excluding carboxylic acids is 2. The number of methoxy groups -OCH3 is 2. The summed E-state index contributed by atoms with van der Waals surface area (Å²) < 4.78 is 43.8. The van der Waals surface area contributed by atoms with Gasteiger partial charge >= 0.3 is 0 Å². The summed E-state index contributed by atoms with van der Waals surface area (Å²) in [6.07, 6.45) is -16.5. The molecular weight excluding hydrogens is 864 g/mol. The summed E-state index contributed by atoms with van der Waals surface area (Å²) in [6, 6.07) is 14.0. The molecular formula is C44H48O21. The molecule has 2 saturated heterocycles. The summed E-state index contributed by atoms with van der Waals surface area (Å²) in [7, 11) is 2.84. The highest BCUT2D eigenvalue weighted by Crippen LogP contribution is 2.45. The second kappa shape index (κ2) is 19.1. The number of carbonyl (C=O) groups is 2. The third-order valence-corrected chi connectivity index (χ3v) is 11.3. The maximum atomic E-state index is 12.9. The Bertz CT molecular complexity index is 2390. The van der Waals surface area contributed by atoms with Gasteiger partial charge in [0.05, 0.1) is 39.8 Å². The predicted molar refractivity (Wildman–Crippen MR) is 217 cm³/mol. The van der Waals surface area contributed by atoms with Gasteiger partial charge in [-0.1, -0.05) is 12.1 Å². The molecule has 8 rings (SSSR count). The Kier molecular flexibility index (Phi) is 13.8. The lowest BCUT2D eigenvalue weighted by Gasteiger charge is -2.42. The second-order valence-corrected chi connectivity index (χ2v) is 15.6. The summed E-state index contributed by atoms with van der Waals surface area (Å²) in [5.41, 5.74) is 1.03. The van der Waals surface area contributed by atoms with Gasteiger partial charge < -0.3 is 94.1 Å². The summed E-state index contributed by atoms with van der Waals surface area (Å²) in [6.45, 7) is 0.964. The molecule has 4 aromatic carbocycles. The van der Waals surface area contributed by atoms with Gasteiger partial charge in [-0.2, -0.15) is 0 Å². The molecule has 12 atom stereocenters. The minimum Gasteiger partial charge on any atom is -0.508 e. The summed E-state index contributed by atoms with van der Waals surface area (Å²) >= 11 is 0. The van der Waals surface area contributed by atoms with Gasteiger partial charge in [0.2, 0.25) is 6.29 Å². The highest BCUT2D eigenvalue weighted by atomic mass is 16.7. The number of hydrogen-bond acceptors (Lipinski definition) is 21. The van der Waals surface area contributed by atoms with Gasteiger partial charge in [-0.25, -0.2) is 0 Å². The number of fused-ring (bicyclic) bond motifs is 2. The number of ether oxygens (including phenoxy) is 8. The summed E-state index contributed by atoms with van der Waals surface area (Å²) in [5.74, 6) is -1.41. The number of rotatable bonds is 9. The molecule has 4 heterocycles. The second-order valence-electron chi connectivity index (χ2n) is 15.6. The van der Waals surface area contributed by atoms with Gasteiger partial charge in [-0.05, 0) is 42.3 Å². The maximum absolute atomic E-state index is 12.9. The smallest absolute Gasteiger partial charge is 0.229 e. The molecule has 0 saturated carbocycles. The van der Waals surface area contributed by atoms with Crippen LogP contribution in [0.2, 0.25) is 0 Å². The van der Waals surface area contributed by atoms with E-state index in [2.05, 4.69) is 0 Å². The molecule has 4 aromatic rings. The quantitative estimate of drug-likeness (QED) is 0.113. The molecule has 0 radical (unpaired) electrons. The average molecular weight is 913 g/mol. The van der Waals surface area contributed by atoms with E-state index in [-0.39, 0.29) is 75.7 Å². The van der Waals surface area contributed by atoms with Crippen LogP contribution in [-0.2, 0) is 14.2 Å². The molecule has 0 aliphatic carbocycles. The van der Waals surface area contributed by atoms with Crippen molar-refractivity contribution in [2.75, 3.05) is 20.8 Å². The van der Waals surface area contributed by atoms with E-state index in [4.69, 9.17) is 37.9 Å². The lowest BCUT2D eigenvalue weighted by molar-refractivity contribution is -0.318. The zero-order valence-electron chi connectivity index (χ0n) is 34.8. The van der Waals surface area contributed by atoms with Gasteiger partial charge in [0.25, 0.3) is 0 Å². The zero-order chi connectivity index (χ0) is 47.0. The van der Waals surface area contributed by atoms with E-state index in [0.717, 1.165) is 12.1 Å². The number of aromatic hydroxyl groups is 5. The van der Waals surface area contributed by atoms with E-state index in [1.165, 1.54) is 51.5 Å². The van der Waals surface area contributed by atoms with Crippen LogP contribution >= 0.6 is 0 Å². The number of Topliss-reactive ketones (excluding diaryl/α,β-unsaturated/α-hetero) is 2. The molecule has 10 unspecified atom stereocenters. The van der Waals surface area contributed by atoms with Crippen molar-refractivity contribution in [3.8, 4) is 57.5 Å². The Hall–Kier alpha value is -6.14. The van der Waals surface area contributed by atoms with Crippen molar-refractivity contribution >= 4 is 11.6 Å². The third-order valence-electron chi connectivity index (χ3n) is 11.3. The molecule has 11 N–H and O–H groups in total. The van der Waals surface area contributed by atoms with E-state index in [0.29, 0.717) is 16.9 Å². The number of phenols is 5. The van der Waals surface area contributed by atoms with Gasteiger partial charge in [-0.3, -0.25) is 9.59 Å². The highest BCUT2D eigenvalue weighted by molar-refractivity contribution is 6.03. The first-order chi connectivity index (χ1) is 30.9. The normalized spacial score (nSPS) is 29.5. The molecule has 21 nitrogen and oxygen atoms in total. The number of ketones is 2. The maximum Gasteiger partial charge on any atom is 0.229 e. The topological polar surface area (TPSA) is 331 Å². The Labute approximate surface area is 369 Å². The average Bonchev–Trinajstić information content (AvgIpc) is 3.26. The molecule has 4 aliphatic rings. The zero-order valence-corrected chi connectivity index (χ0v) is 34.8. The molecule has 350 valence electrons. The minimum atomic E-state index is -1.77. The fourth-order valence-electron chi connectivity index (χ4n) is 7.72. The first-order valence-corrected chi connectivity index (χ1v) is 20.1. The Balaban J connectivity index is 0.000000239.